The highest BCUT2D eigenvalue weighted by Gasteiger charge is 2.24. The van der Waals surface area contributed by atoms with E-state index in [2.05, 4.69) is 29.2 Å². The maximum absolute atomic E-state index is 13.1. The monoisotopic (exact) mass is 325 g/mol. The van der Waals surface area contributed by atoms with E-state index in [4.69, 9.17) is 0 Å². The summed E-state index contributed by atoms with van der Waals surface area (Å²) in [7, 11) is 0. The molecule has 0 N–H and O–H groups in total. The van der Waals surface area contributed by atoms with Crippen molar-refractivity contribution in [1.82, 2.24) is 4.98 Å². The van der Waals surface area contributed by atoms with Crippen molar-refractivity contribution in [1.29, 1.82) is 0 Å². The van der Waals surface area contributed by atoms with Gasteiger partial charge in [0.15, 0.2) is 0 Å². The minimum absolute atomic E-state index is 0. The Morgan fingerprint density at radius 1 is 0.957 bits per heavy atom. The highest BCUT2D eigenvalue weighted by molar-refractivity contribution is 5.85. The molecule has 0 amide bonds. The van der Waals surface area contributed by atoms with Crippen LogP contribution in [0.1, 0.15) is 29.0 Å². The quantitative estimate of drug-likeness (QED) is 0.615. The number of hydrogen-bond acceptors (Lipinski definition) is 1. The van der Waals surface area contributed by atoms with Crippen molar-refractivity contribution in [3.8, 4) is 11.1 Å². The molecule has 0 saturated heterocycles. The van der Waals surface area contributed by atoms with E-state index in [1.165, 1.54) is 28.8 Å². The number of pyridine rings is 1. The van der Waals surface area contributed by atoms with Crippen LogP contribution >= 0.6 is 12.4 Å². The van der Waals surface area contributed by atoms with Crippen LogP contribution in [0.3, 0.4) is 0 Å². The van der Waals surface area contributed by atoms with Gasteiger partial charge in [0.25, 0.3) is 0 Å². The van der Waals surface area contributed by atoms with E-state index in [0.717, 1.165) is 24.0 Å². The van der Waals surface area contributed by atoms with E-state index in [-0.39, 0.29) is 18.2 Å². The summed E-state index contributed by atoms with van der Waals surface area (Å²) >= 11 is 0. The van der Waals surface area contributed by atoms with Gasteiger partial charge < -0.3 is 0 Å². The number of hydrogen-bond donors (Lipinski definition) is 0. The summed E-state index contributed by atoms with van der Waals surface area (Å²) in [5, 5.41) is 0. The third-order valence-electron chi connectivity index (χ3n) is 4.49. The molecule has 0 saturated carbocycles. The van der Waals surface area contributed by atoms with Gasteiger partial charge in [0, 0.05) is 18.3 Å². The second kappa shape index (κ2) is 6.51. The highest BCUT2D eigenvalue weighted by Crippen LogP contribution is 2.39. The lowest BCUT2D eigenvalue weighted by Gasteiger charge is -2.12. The minimum Gasteiger partial charge on any atom is -0.264 e. The molecule has 0 aliphatic heterocycles. The maximum Gasteiger partial charge on any atom is 0.123 e. The molecular weight excluding hydrogens is 309 g/mol. The third-order valence-corrected chi connectivity index (χ3v) is 4.49. The smallest absolute Gasteiger partial charge is 0.123 e. The van der Waals surface area contributed by atoms with Crippen LogP contribution < -0.4 is 0 Å². The van der Waals surface area contributed by atoms with Crippen molar-refractivity contribution in [2.75, 3.05) is 0 Å². The van der Waals surface area contributed by atoms with Gasteiger partial charge in [-0.1, -0.05) is 36.4 Å². The Labute approximate surface area is 141 Å². The van der Waals surface area contributed by atoms with Gasteiger partial charge in [-0.05, 0) is 58.9 Å². The fourth-order valence-corrected chi connectivity index (χ4v) is 3.37. The largest absolute Gasteiger partial charge is 0.264 e. The molecule has 0 fully saturated rings. The zero-order valence-electron chi connectivity index (χ0n) is 12.6. The van der Waals surface area contributed by atoms with Crippen LogP contribution in [0.5, 0.6) is 0 Å². The average Bonchev–Trinajstić information content (AvgIpc) is 2.99. The third kappa shape index (κ3) is 2.99. The topological polar surface area (TPSA) is 12.9 Å². The Kier molecular flexibility index (Phi) is 4.44. The normalized spacial score (nSPS) is 15.8. The van der Waals surface area contributed by atoms with Crippen LogP contribution in [0.2, 0.25) is 0 Å². The predicted molar refractivity (Wildman–Crippen MR) is 93.5 cm³/mol. The van der Waals surface area contributed by atoms with Gasteiger partial charge in [-0.15, -0.1) is 12.4 Å². The molecule has 1 atom stereocenters. The Morgan fingerprint density at radius 3 is 2.48 bits per heavy atom. The van der Waals surface area contributed by atoms with Gasteiger partial charge in [-0.2, -0.15) is 0 Å². The Balaban J connectivity index is 0.00000156. The lowest BCUT2D eigenvalue weighted by Crippen LogP contribution is -1.96. The molecule has 2 aromatic carbocycles. The van der Waals surface area contributed by atoms with Gasteiger partial charge in [0.2, 0.25) is 0 Å². The number of benzene rings is 2. The van der Waals surface area contributed by atoms with Gasteiger partial charge in [0.1, 0.15) is 5.82 Å². The van der Waals surface area contributed by atoms with E-state index in [1.54, 1.807) is 0 Å². The summed E-state index contributed by atoms with van der Waals surface area (Å²) in [5.74, 6) is 0.257. The van der Waals surface area contributed by atoms with Crippen molar-refractivity contribution < 1.29 is 4.39 Å². The predicted octanol–water partition coefficient (Wildman–Crippen LogP) is 5.39. The fraction of sp³-hybridized carbons (Fsp3) is 0.150. The molecule has 4 rings (SSSR count). The molecule has 1 aromatic heterocycles. The average molecular weight is 326 g/mol. The lowest BCUT2D eigenvalue weighted by atomic mass is 9.93. The minimum atomic E-state index is -0.193. The molecule has 1 aliphatic carbocycles. The molecule has 116 valence electrons. The molecule has 1 nitrogen and oxygen atoms in total. The van der Waals surface area contributed by atoms with Crippen LogP contribution in [0, 0.1) is 5.82 Å². The number of rotatable bonds is 2. The number of fused-ring (bicyclic) bond motifs is 1. The van der Waals surface area contributed by atoms with E-state index in [1.807, 2.05) is 30.6 Å². The molecule has 23 heavy (non-hydrogen) atoms. The van der Waals surface area contributed by atoms with E-state index >= 15 is 0 Å². The highest BCUT2D eigenvalue weighted by atomic mass is 35.5. The summed E-state index contributed by atoms with van der Waals surface area (Å²) in [6, 6.07) is 17.5. The van der Waals surface area contributed by atoms with Crippen LogP contribution in [0.4, 0.5) is 4.39 Å². The number of halogens is 2. The second-order valence-electron chi connectivity index (χ2n) is 5.80. The molecule has 1 heterocycles. The van der Waals surface area contributed by atoms with Crippen LogP contribution in [0.15, 0.2) is 67.0 Å². The van der Waals surface area contributed by atoms with Crippen molar-refractivity contribution in [2.45, 2.75) is 18.8 Å². The number of aryl methyl sites for hydroxylation is 1. The van der Waals surface area contributed by atoms with E-state index in [9.17, 15) is 4.39 Å². The van der Waals surface area contributed by atoms with Gasteiger partial charge in [0.05, 0.1) is 0 Å². The molecular formula is C20H17ClFN. The van der Waals surface area contributed by atoms with Crippen molar-refractivity contribution in [3.63, 3.8) is 0 Å². The van der Waals surface area contributed by atoms with Crippen molar-refractivity contribution in [3.05, 3.63) is 89.5 Å². The SMILES string of the molecule is Cl.Fc1ccc(-c2ccc3c(c2)CCC3c2cccnc2)cc1. The van der Waals surface area contributed by atoms with Gasteiger partial charge in [-0.25, -0.2) is 4.39 Å². The van der Waals surface area contributed by atoms with Crippen LogP contribution in [-0.2, 0) is 6.42 Å². The second-order valence-corrected chi connectivity index (χ2v) is 5.80. The molecule has 0 radical (unpaired) electrons. The van der Waals surface area contributed by atoms with E-state index < -0.39 is 0 Å². The molecule has 0 spiro atoms. The zero-order valence-corrected chi connectivity index (χ0v) is 13.4. The standard InChI is InChI=1S/C20H16FN.ClH/c21-18-7-3-14(4-8-18)15-5-9-19-16(12-15)6-10-20(19)17-2-1-11-22-13-17;/h1-5,7-9,11-13,20H,6,10H2;1H. The summed E-state index contributed by atoms with van der Waals surface area (Å²) in [6.45, 7) is 0. The van der Waals surface area contributed by atoms with Crippen LogP contribution in [-0.4, -0.2) is 4.98 Å². The first-order valence-corrected chi connectivity index (χ1v) is 7.60. The van der Waals surface area contributed by atoms with Crippen LogP contribution in [0.25, 0.3) is 11.1 Å². The first kappa shape index (κ1) is 15.7. The summed E-state index contributed by atoms with van der Waals surface area (Å²) < 4.78 is 13.1. The Hall–Kier alpha value is -2.19. The van der Waals surface area contributed by atoms with Gasteiger partial charge >= 0.3 is 0 Å². The first-order chi connectivity index (χ1) is 10.8. The number of aromatic nitrogens is 1. The molecule has 1 aliphatic rings. The maximum atomic E-state index is 13.1. The fourth-order valence-electron chi connectivity index (χ4n) is 3.37. The Morgan fingerprint density at radius 2 is 1.74 bits per heavy atom. The summed E-state index contributed by atoms with van der Waals surface area (Å²) in [5.41, 5.74) is 6.31. The zero-order chi connectivity index (χ0) is 14.9. The Bertz CT molecular complexity index is 800. The molecule has 3 aromatic rings. The van der Waals surface area contributed by atoms with E-state index in [0.29, 0.717) is 5.92 Å². The molecule has 1 unspecified atom stereocenters. The molecule has 3 heteroatoms. The first-order valence-electron chi connectivity index (χ1n) is 7.60. The lowest BCUT2D eigenvalue weighted by molar-refractivity contribution is 0.628. The summed E-state index contributed by atoms with van der Waals surface area (Å²) in [6.07, 6.45) is 6.00. The number of nitrogens with zero attached hydrogens (tertiary/aromatic N) is 1. The van der Waals surface area contributed by atoms with Gasteiger partial charge in [-0.3, -0.25) is 4.98 Å². The van der Waals surface area contributed by atoms with Crippen molar-refractivity contribution >= 4 is 12.4 Å². The van der Waals surface area contributed by atoms with Crippen molar-refractivity contribution in [2.24, 2.45) is 0 Å². The summed E-state index contributed by atoms with van der Waals surface area (Å²) in [4.78, 5) is 4.24. The molecule has 0 bridgehead atoms.